The Hall–Kier alpha value is -4.32. The van der Waals surface area contributed by atoms with Crippen LogP contribution in [0.15, 0.2) is 85.0 Å². The van der Waals surface area contributed by atoms with E-state index in [0.717, 1.165) is 5.56 Å². The standard InChI is InChI=1S/C39H47N3O8/c1-4-25(2)29(23-43)42-35-37(46)41(22-26-14-8-5-9-15-26)21-13-7-12-18-31(44)40-28(24-48-3)34(27-16-10-6-11-17-27)49-38(47)32-30-19-20-39(35,50-30)33(32)36(42)45/h5-11,13-17,19-20,25,28-30,32-35,43H,4,12,18,21-24H2,1-3H3,(H,40,44)/b13-7-/t25-,28+,29-,30-,32+,33+,34+,35-,39+/m0/s1. The maximum Gasteiger partial charge on any atom is 0.313 e. The zero-order chi connectivity index (χ0) is 35.4. The third-order valence-corrected chi connectivity index (χ3v) is 10.7. The number of esters is 1. The highest BCUT2D eigenvalue weighted by atomic mass is 16.6. The minimum Gasteiger partial charge on any atom is -0.455 e. The Morgan fingerprint density at radius 2 is 1.74 bits per heavy atom. The molecule has 1 spiro atoms. The number of amides is 3. The Labute approximate surface area is 293 Å². The van der Waals surface area contributed by atoms with Gasteiger partial charge in [-0.1, -0.05) is 105 Å². The van der Waals surface area contributed by atoms with E-state index in [1.54, 1.807) is 17.1 Å². The van der Waals surface area contributed by atoms with Crippen molar-refractivity contribution < 1.29 is 38.5 Å². The van der Waals surface area contributed by atoms with E-state index in [1.165, 1.54) is 12.0 Å². The Morgan fingerprint density at radius 3 is 2.42 bits per heavy atom. The average Bonchev–Trinajstić information content (AvgIpc) is 3.77. The summed E-state index contributed by atoms with van der Waals surface area (Å²) in [4.78, 5) is 60.7. The van der Waals surface area contributed by atoms with E-state index in [-0.39, 0.29) is 50.5 Å². The summed E-state index contributed by atoms with van der Waals surface area (Å²) >= 11 is 0. The fourth-order valence-corrected chi connectivity index (χ4v) is 7.96. The lowest BCUT2D eigenvalue weighted by atomic mass is 9.74. The van der Waals surface area contributed by atoms with Gasteiger partial charge in [-0.3, -0.25) is 19.2 Å². The molecule has 0 aliphatic carbocycles. The lowest BCUT2D eigenvalue weighted by molar-refractivity contribution is -0.163. The summed E-state index contributed by atoms with van der Waals surface area (Å²) in [5, 5.41) is 13.8. The number of nitrogens with one attached hydrogen (secondary N) is 1. The molecule has 4 heterocycles. The summed E-state index contributed by atoms with van der Waals surface area (Å²) in [5.41, 5.74) is 0.101. The van der Waals surface area contributed by atoms with Gasteiger partial charge in [0.1, 0.15) is 23.7 Å². The van der Waals surface area contributed by atoms with Crippen LogP contribution in [-0.4, -0.2) is 95.3 Å². The number of methoxy groups -OCH3 is 1. The minimum absolute atomic E-state index is 0.0666. The van der Waals surface area contributed by atoms with Gasteiger partial charge >= 0.3 is 5.97 Å². The molecule has 50 heavy (non-hydrogen) atoms. The summed E-state index contributed by atoms with van der Waals surface area (Å²) < 4.78 is 18.4. The molecule has 3 amide bonds. The van der Waals surface area contributed by atoms with Gasteiger partial charge in [0.05, 0.1) is 37.3 Å². The third kappa shape index (κ3) is 6.61. The van der Waals surface area contributed by atoms with Crippen LogP contribution in [0.5, 0.6) is 0 Å². The highest BCUT2D eigenvalue weighted by molar-refractivity contribution is 5.99. The lowest BCUT2D eigenvalue weighted by Crippen LogP contribution is -2.59. The fraction of sp³-hybridized carbons (Fsp3) is 0.487. The number of benzene rings is 2. The fourth-order valence-electron chi connectivity index (χ4n) is 7.96. The van der Waals surface area contributed by atoms with Crippen molar-refractivity contribution in [3.05, 3.63) is 96.1 Å². The van der Waals surface area contributed by atoms with Crippen molar-refractivity contribution in [3.8, 4) is 0 Å². The predicted octanol–water partition coefficient (Wildman–Crippen LogP) is 3.34. The van der Waals surface area contributed by atoms with Crippen LogP contribution in [0.2, 0.25) is 0 Å². The molecular weight excluding hydrogens is 638 g/mol. The summed E-state index contributed by atoms with van der Waals surface area (Å²) in [6.45, 7) is 4.09. The van der Waals surface area contributed by atoms with E-state index in [2.05, 4.69) is 5.32 Å². The second kappa shape index (κ2) is 15.3. The molecule has 2 fully saturated rings. The van der Waals surface area contributed by atoms with Gasteiger partial charge in [0.25, 0.3) is 0 Å². The monoisotopic (exact) mass is 685 g/mol. The third-order valence-electron chi connectivity index (χ3n) is 10.7. The zero-order valence-corrected chi connectivity index (χ0v) is 28.9. The molecule has 6 rings (SSSR count). The number of rotatable bonds is 9. The molecule has 2 aromatic rings. The molecule has 9 atom stereocenters. The van der Waals surface area contributed by atoms with E-state index in [9.17, 15) is 19.5 Å². The van der Waals surface area contributed by atoms with Crippen molar-refractivity contribution in [2.75, 3.05) is 26.9 Å². The van der Waals surface area contributed by atoms with Crippen molar-refractivity contribution in [2.45, 2.75) is 75.6 Å². The first-order valence-corrected chi connectivity index (χ1v) is 17.6. The SMILES string of the molecule is CC[C@H](C)[C@H](CO)N1C(=O)[C@H]2[C@@H]3C(=O)O[C@H](c4ccccc4)[C@@H](COC)NC(=O)CC/C=C\CN(Cc4ccccc4)C(=O)[C@H]1[C@@]21C=C[C@@H]3O1. The van der Waals surface area contributed by atoms with Crippen LogP contribution in [0, 0.1) is 17.8 Å². The second-order valence-corrected chi connectivity index (χ2v) is 13.7. The smallest absolute Gasteiger partial charge is 0.313 e. The van der Waals surface area contributed by atoms with Crippen LogP contribution in [-0.2, 0) is 39.9 Å². The van der Waals surface area contributed by atoms with E-state index in [0.29, 0.717) is 18.4 Å². The quantitative estimate of drug-likeness (QED) is 0.304. The second-order valence-electron chi connectivity index (χ2n) is 13.7. The Bertz CT molecular complexity index is 1600. The molecule has 4 aliphatic rings. The van der Waals surface area contributed by atoms with Crippen LogP contribution in [0.3, 0.4) is 0 Å². The topological polar surface area (TPSA) is 135 Å². The molecular formula is C39H47N3O8. The van der Waals surface area contributed by atoms with E-state index >= 15 is 4.79 Å². The molecule has 0 saturated carbocycles. The number of likely N-dealkylation sites (tertiary alicyclic amines) is 1. The van der Waals surface area contributed by atoms with Gasteiger partial charge in [0, 0.05) is 26.6 Å². The summed E-state index contributed by atoms with van der Waals surface area (Å²) in [6, 6.07) is 16.1. The lowest BCUT2D eigenvalue weighted by Gasteiger charge is -2.40. The molecule has 5 bridgehead atoms. The highest BCUT2D eigenvalue weighted by Crippen LogP contribution is 2.56. The maximum absolute atomic E-state index is 15.0. The largest absolute Gasteiger partial charge is 0.455 e. The number of ether oxygens (including phenoxy) is 3. The van der Waals surface area contributed by atoms with Gasteiger partial charge in [-0.25, -0.2) is 0 Å². The van der Waals surface area contributed by atoms with Crippen LogP contribution in [0.4, 0.5) is 0 Å². The molecule has 266 valence electrons. The van der Waals surface area contributed by atoms with Crippen molar-refractivity contribution in [1.82, 2.24) is 15.1 Å². The molecule has 0 aromatic heterocycles. The number of aliphatic hydroxyl groups is 1. The molecule has 4 aliphatic heterocycles. The minimum atomic E-state index is -1.45. The molecule has 0 unspecified atom stereocenters. The van der Waals surface area contributed by atoms with Crippen LogP contribution in [0.25, 0.3) is 0 Å². The average molecular weight is 686 g/mol. The Morgan fingerprint density at radius 1 is 1.02 bits per heavy atom. The number of carbonyl (C=O) groups is 4. The number of aliphatic hydroxyl groups excluding tert-OH is 1. The number of cyclic esters (lactones) is 1. The van der Waals surface area contributed by atoms with Gasteiger partial charge < -0.3 is 34.4 Å². The normalized spacial score (nSPS) is 31.7. The summed E-state index contributed by atoms with van der Waals surface area (Å²) in [7, 11) is 1.51. The van der Waals surface area contributed by atoms with Crippen LogP contribution in [0.1, 0.15) is 50.3 Å². The molecule has 11 nitrogen and oxygen atoms in total. The first kappa shape index (κ1) is 35.5. The highest BCUT2D eigenvalue weighted by Gasteiger charge is 2.74. The van der Waals surface area contributed by atoms with Crippen LogP contribution >= 0.6 is 0 Å². The van der Waals surface area contributed by atoms with Gasteiger partial charge in [0.15, 0.2) is 0 Å². The summed E-state index contributed by atoms with van der Waals surface area (Å²) in [5.74, 6) is -3.97. The number of fused-ring (bicyclic) bond motifs is 2. The molecule has 0 radical (unpaired) electrons. The van der Waals surface area contributed by atoms with E-state index in [4.69, 9.17) is 14.2 Å². The molecule has 11 heteroatoms. The number of hydrogen-bond acceptors (Lipinski definition) is 8. The van der Waals surface area contributed by atoms with Crippen molar-refractivity contribution in [3.63, 3.8) is 0 Å². The zero-order valence-electron chi connectivity index (χ0n) is 28.9. The Kier molecular flexibility index (Phi) is 10.9. The molecule has 2 aromatic carbocycles. The first-order chi connectivity index (χ1) is 24.2. The van der Waals surface area contributed by atoms with Gasteiger partial charge in [0.2, 0.25) is 17.7 Å². The predicted molar refractivity (Wildman–Crippen MR) is 184 cm³/mol. The number of carbonyl (C=O) groups excluding carboxylic acids is 4. The van der Waals surface area contributed by atoms with E-state index < -0.39 is 59.6 Å². The number of allylic oxidation sites excluding steroid dienone is 1. The van der Waals surface area contributed by atoms with Gasteiger partial charge in [-0.2, -0.15) is 0 Å². The van der Waals surface area contributed by atoms with E-state index in [1.807, 2.05) is 86.7 Å². The number of nitrogens with zero attached hydrogens (tertiary/aromatic N) is 2. The van der Waals surface area contributed by atoms with Crippen molar-refractivity contribution in [1.29, 1.82) is 0 Å². The van der Waals surface area contributed by atoms with Crippen LogP contribution < -0.4 is 5.32 Å². The first-order valence-electron chi connectivity index (χ1n) is 17.6. The van der Waals surface area contributed by atoms with Crippen molar-refractivity contribution >= 4 is 23.7 Å². The Balaban J connectivity index is 1.46. The molecule has 2 N–H and O–H groups in total. The summed E-state index contributed by atoms with van der Waals surface area (Å²) in [6.07, 6.45) is 6.73. The molecule has 2 saturated heterocycles. The van der Waals surface area contributed by atoms with Gasteiger partial charge in [-0.15, -0.1) is 0 Å². The maximum atomic E-state index is 15.0. The van der Waals surface area contributed by atoms with Crippen molar-refractivity contribution in [2.24, 2.45) is 17.8 Å². The number of hydrogen-bond donors (Lipinski definition) is 2. The van der Waals surface area contributed by atoms with Gasteiger partial charge in [-0.05, 0) is 23.5 Å².